The van der Waals surface area contributed by atoms with E-state index < -0.39 is 5.82 Å². The van der Waals surface area contributed by atoms with Gasteiger partial charge in [-0.1, -0.05) is 35.6 Å². The van der Waals surface area contributed by atoms with E-state index in [0.717, 1.165) is 0 Å². The van der Waals surface area contributed by atoms with Crippen LogP contribution in [-0.2, 0) is 0 Å². The molecule has 3 N–H and O–H groups in total. The summed E-state index contributed by atoms with van der Waals surface area (Å²) in [6.07, 6.45) is 0. The Bertz CT molecular complexity index is 735. The molecule has 3 nitrogen and oxygen atoms in total. The fourth-order valence-corrected chi connectivity index (χ4v) is 1.91. The van der Waals surface area contributed by atoms with Gasteiger partial charge >= 0.3 is 0 Å². The third kappa shape index (κ3) is 3.82. The van der Waals surface area contributed by atoms with Crippen LogP contribution in [0.3, 0.4) is 0 Å². The molecule has 106 valence electrons. The van der Waals surface area contributed by atoms with Crippen LogP contribution in [0.25, 0.3) is 0 Å². The molecule has 0 aromatic heterocycles. The van der Waals surface area contributed by atoms with Gasteiger partial charge in [-0.15, -0.1) is 0 Å². The Labute approximate surface area is 126 Å². The van der Waals surface area contributed by atoms with E-state index >= 15 is 0 Å². The number of hydrogen-bond acceptors (Lipinski definition) is 2. The lowest BCUT2D eigenvalue weighted by Crippen LogP contribution is -2.12. The Kier molecular flexibility index (Phi) is 4.94. The maximum atomic E-state index is 13.5. The summed E-state index contributed by atoms with van der Waals surface area (Å²) in [5.41, 5.74) is 6.21. The van der Waals surface area contributed by atoms with Gasteiger partial charge in [0, 0.05) is 5.69 Å². The number of hydrogen-bond donors (Lipinski definition) is 2. The van der Waals surface area contributed by atoms with E-state index in [0.29, 0.717) is 16.3 Å². The molecule has 0 saturated carbocycles. The number of amides is 1. The van der Waals surface area contributed by atoms with E-state index in [4.69, 9.17) is 17.3 Å². The van der Waals surface area contributed by atoms with E-state index in [-0.39, 0.29) is 18.0 Å². The van der Waals surface area contributed by atoms with Crippen LogP contribution in [-0.4, -0.2) is 12.5 Å². The molecular weight excluding hydrogens is 291 g/mol. The first kappa shape index (κ1) is 15.0. The molecule has 0 heterocycles. The van der Waals surface area contributed by atoms with Crippen molar-refractivity contribution in [2.24, 2.45) is 5.73 Å². The van der Waals surface area contributed by atoms with Crippen LogP contribution in [0.15, 0.2) is 42.5 Å². The Morgan fingerprint density at radius 2 is 2.05 bits per heavy atom. The highest BCUT2D eigenvalue weighted by molar-refractivity contribution is 6.34. The number of rotatable bonds is 2. The molecule has 0 aliphatic heterocycles. The lowest BCUT2D eigenvalue weighted by molar-refractivity contribution is 0.102. The maximum absolute atomic E-state index is 13.5. The van der Waals surface area contributed by atoms with Crippen LogP contribution in [0.1, 0.15) is 15.9 Å². The number of carbonyl (C=O) groups is 1. The van der Waals surface area contributed by atoms with Gasteiger partial charge in [0.05, 0.1) is 22.7 Å². The van der Waals surface area contributed by atoms with Crippen LogP contribution in [0, 0.1) is 17.7 Å². The number of anilines is 1. The van der Waals surface area contributed by atoms with Crippen molar-refractivity contribution in [2.75, 3.05) is 11.9 Å². The summed E-state index contributed by atoms with van der Waals surface area (Å²) in [4.78, 5) is 12.1. The summed E-state index contributed by atoms with van der Waals surface area (Å²) < 4.78 is 13.5. The molecule has 2 aromatic rings. The molecular formula is C16H12ClFN2O. The third-order valence-corrected chi connectivity index (χ3v) is 3.00. The van der Waals surface area contributed by atoms with E-state index in [2.05, 4.69) is 17.2 Å². The number of benzene rings is 2. The topological polar surface area (TPSA) is 55.1 Å². The van der Waals surface area contributed by atoms with E-state index in [9.17, 15) is 9.18 Å². The zero-order chi connectivity index (χ0) is 15.2. The van der Waals surface area contributed by atoms with Crippen LogP contribution in [0.2, 0.25) is 5.02 Å². The minimum Gasteiger partial charge on any atom is -0.322 e. The van der Waals surface area contributed by atoms with Gasteiger partial charge in [-0.3, -0.25) is 4.79 Å². The summed E-state index contributed by atoms with van der Waals surface area (Å²) in [5, 5.41) is 3.00. The summed E-state index contributed by atoms with van der Waals surface area (Å²) >= 11 is 5.95. The fourth-order valence-electron chi connectivity index (χ4n) is 1.69. The zero-order valence-electron chi connectivity index (χ0n) is 11.0. The van der Waals surface area contributed by atoms with Crippen molar-refractivity contribution < 1.29 is 9.18 Å². The van der Waals surface area contributed by atoms with Gasteiger partial charge in [-0.05, 0) is 30.3 Å². The predicted molar refractivity (Wildman–Crippen MR) is 81.7 cm³/mol. The predicted octanol–water partition coefficient (Wildman–Crippen LogP) is 3.04. The van der Waals surface area contributed by atoms with Gasteiger partial charge in [-0.2, -0.15) is 0 Å². The van der Waals surface area contributed by atoms with Gasteiger partial charge in [0.25, 0.3) is 5.91 Å². The molecule has 0 fully saturated rings. The van der Waals surface area contributed by atoms with Crippen LogP contribution < -0.4 is 11.1 Å². The van der Waals surface area contributed by atoms with Crippen molar-refractivity contribution in [3.8, 4) is 11.8 Å². The lowest BCUT2D eigenvalue weighted by Gasteiger charge is -2.07. The minimum atomic E-state index is -0.466. The van der Waals surface area contributed by atoms with E-state index in [1.807, 2.05) is 0 Å². The lowest BCUT2D eigenvalue weighted by atomic mass is 10.1. The normalized spacial score (nSPS) is 9.67. The molecule has 0 radical (unpaired) electrons. The molecule has 2 aromatic carbocycles. The molecule has 1 amide bonds. The highest BCUT2D eigenvalue weighted by Crippen LogP contribution is 2.18. The molecule has 0 aliphatic rings. The number of halogens is 2. The molecule has 2 rings (SSSR count). The second-order valence-corrected chi connectivity index (χ2v) is 4.54. The van der Waals surface area contributed by atoms with Gasteiger partial charge in [0.15, 0.2) is 0 Å². The Morgan fingerprint density at radius 1 is 1.29 bits per heavy atom. The first-order chi connectivity index (χ1) is 10.1. The first-order valence-electron chi connectivity index (χ1n) is 6.16. The van der Waals surface area contributed by atoms with Crippen LogP contribution >= 0.6 is 11.6 Å². The van der Waals surface area contributed by atoms with Crippen molar-refractivity contribution >= 4 is 23.2 Å². The highest BCUT2D eigenvalue weighted by Gasteiger charge is 2.10. The summed E-state index contributed by atoms with van der Waals surface area (Å²) in [7, 11) is 0. The van der Waals surface area contributed by atoms with E-state index in [1.54, 1.807) is 24.3 Å². The van der Waals surface area contributed by atoms with Gasteiger partial charge in [-0.25, -0.2) is 4.39 Å². The molecule has 0 saturated heterocycles. The summed E-state index contributed by atoms with van der Waals surface area (Å²) in [6.45, 7) is 0.135. The SMILES string of the molecule is NCC#Cc1cc(NC(=O)c2ccccc2Cl)ccc1F. The molecule has 21 heavy (non-hydrogen) atoms. The Hall–Kier alpha value is -2.35. The van der Waals surface area contributed by atoms with Gasteiger partial charge < -0.3 is 11.1 Å². The molecule has 5 heteroatoms. The Morgan fingerprint density at radius 3 is 2.76 bits per heavy atom. The average Bonchev–Trinajstić information content (AvgIpc) is 2.48. The second-order valence-electron chi connectivity index (χ2n) is 4.13. The third-order valence-electron chi connectivity index (χ3n) is 2.67. The largest absolute Gasteiger partial charge is 0.322 e. The van der Waals surface area contributed by atoms with Crippen LogP contribution in [0.4, 0.5) is 10.1 Å². The number of nitrogens with two attached hydrogens (primary N) is 1. The average molecular weight is 303 g/mol. The van der Waals surface area contributed by atoms with Crippen molar-refractivity contribution in [2.45, 2.75) is 0 Å². The molecule has 0 aliphatic carbocycles. The Balaban J connectivity index is 2.24. The summed E-state index contributed by atoms with van der Waals surface area (Å²) in [5.74, 6) is 4.34. The van der Waals surface area contributed by atoms with Gasteiger partial charge in [0.2, 0.25) is 0 Å². The smallest absolute Gasteiger partial charge is 0.257 e. The molecule has 0 bridgehead atoms. The van der Waals surface area contributed by atoms with Crippen molar-refractivity contribution in [1.29, 1.82) is 0 Å². The fraction of sp³-hybridized carbons (Fsp3) is 0.0625. The minimum absolute atomic E-state index is 0.135. The molecule has 0 unspecified atom stereocenters. The maximum Gasteiger partial charge on any atom is 0.257 e. The monoisotopic (exact) mass is 302 g/mol. The van der Waals surface area contributed by atoms with Crippen molar-refractivity contribution in [1.82, 2.24) is 0 Å². The van der Waals surface area contributed by atoms with Crippen molar-refractivity contribution in [3.63, 3.8) is 0 Å². The van der Waals surface area contributed by atoms with Gasteiger partial charge in [0.1, 0.15) is 5.82 Å². The molecule has 0 atom stereocenters. The van der Waals surface area contributed by atoms with Crippen LogP contribution in [0.5, 0.6) is 0 Å². The summed E-state index contributed by atoms with van der Waals surface area (Å²) in [6, 6.07) is 10.8. The quantitative estimate of drug-likeness (QED) is 0.838. The standard InChI is InChI=1S/C16H12ClFN2O/c17-14-6-2-1-5-13(14)16(21)20-12-7-8-15(18)11(10-12)4-3-9-19/h1-2,5-8,10H,9,19H2,(H,20,21). The molecule has 0 spiro atoms. The zero-order valence-corrected chi connectivity index (χ0v) is 11.7. The first-order valence-corrected chi connectivity index (χ1v) is 6.54. The second kappa shape index (κ2) is 6.89. The van der Waals surface area contributed by atoms with Crippen molar-refractivity contribution in [3.05, 3.63) is 64.4 Å². The van der Waals surface area contributed by atoms with E-state index in [1.165, 1.54) is 18.2 Å². The number of nitrogens with one attached hydrogen (secondary N) is 1. The highest BCUT2D eigenvalue weighted by atomic mass is 35.5. The number of carbonyl (C=O) groups excluding carboxylic acids is 1.